The smallest absolute Gasteiger partial charge is 0.168 e. The van der Waals surface area contributed by atoms with Crippen molar-refractivity contribution >= 4 is 28.5 Å². The number of anilines is 1. The van der Waals surface area contributed by atoms with Gasteiger partial charge in [-0.3, -0.25) is 0 Å². The van der Waals surface area contributed by atoms with Crippen molar-refractivity contribution in [2.45, 2.75) is 44.2 Å². The number of aromatic nitrogens is 4. The van der Waals surface area contributed by atoms with Gasteiger partial charge in [0.2, 0.25) is 0 Å². The zero-order valence-electron chi connectivity index (χ0n) is 26.0. The van der Waals surface area contributed by atoms with Crippen LogP contribution in [0.2, 0.25) is 5.02 Å². The molecule has 0 aliphatic heterocycles. The second-order valence-electron chi connectivity index (χ2n) is 12.9. The molecule has 3 aliphatic carbocycles. The van der Waals surface area contributed by atoms with E-state index in [1.54, 1.807) is 12.3 Å². The molecular weight excluding hydrogens is 612 g/mol. The summed E-state index contributed by atoms with van der Waals surface area (Å²) in [5.41, 5.74) is 2.44. The van der Waals surface area contributed by atoms with Crippen LogP contribution in [0.1, 0.15) is 49.3 Å². The molecule has 3 aromatic carbocycles. The summed E-state index contributed by atoms with van der Waals surface area (Å²) in [6.45, 7) is 2.23. The molecule has 9 rings (SSSR count). The molecule has 0 amide bonds. The molecule has 2 atom stereocenters. The van der Waals surface area contributed by atoms with Crippen LogP contribution in [-0.4, -0.2) is 25.8 Å². The Balaban J connectivity index is 1.38. The SMILES string of the molecule is CC1C2CCC(CC2)C1Nc1nc(-c2nn(C(c3ccccc3)(c3ccccc3)c3ccccc3)c3ncc(Cl)cc23)c(F)cc1F. The normalized spacial score (nSPS) is 20.9. The van der Waals surface area contributed by atoms with Gasteiger partial charge in [0, 0.05) is 18.3 Å². The van der Waals surface area contributed by atoms with Crippen molar-refractivity contribution in [3.63, 3.8) is 0 Å². The maximum absolute atomic E-state index is 16.0. The predicted octanol–water partition coefficient (Wildman–Crippen LogP) is 9.50. The average molecular weight is 646 g/mol. The Kier molecular flexibility index (Phi) is 7.52. The van der Waals surface area contributed by atoms with Crippen molar-refractivity contribution in [3.05, 3.63) is 143 Å². The van der Waals surface area contributed by atoms with Gasteiger partial charge in [0.15, 0.2) is 23.1 Å². The van der Waals surface area contributed by atoms with Crippen LogP contribution in [-0.2, 0) is 5.54 Å². The summed E-state index contributed by atoms with van der Waals surface area (Å²) in [5.74, 6) is -0.0478. The lowest BCUT2D eigenvalue weighted by Gasteiger charge is -2.47. The maximum atomic E-state index is 16.0. The summed E-state index contributed by atoms with van der Waals surface area (Å²) in [4.78, 5) is 9.44. The zero-order valence-corrected chi connectivity index (χ0v) is 26.7. The molecule has 6 aromatic rings. The Morgan fingerprint density at radius 2 is 1.30 bits per heavy atom. The first kappa shape index (κ1) is 29.8. The first-order valence-electron chi connectivity index (χ1n) is 16.3. The molecular formula is C39H34ClF2N5. The van der Waals surface area contributed by atoms with Crippen LogP contribution in [0.3, 0.4) is 0 Å². The minimum absolute atomic E-state index is 0.0453. The third kappa shape index (κ3) is 4.91. The molecule has 0 saturated heterocycles. The van der Waals surface area contributed by atoms with E-state index in [1.165, 1.54) is 12.8 Å². The van der Waals surface area contributed by atoms with E-state index in [-0.39, 0.29) is 23.2 Å². The minimum Gasteiger partial charge on any atom is -0.364 e. The molecule has 3 saturated carbocycles. The van der Waals surface area contributed by atoms with Crippen LogP contribution in [0.15, 0.2) is 109 Å². The van der Waals surface area contributed by atoms with Crippen LogP contribution in [0, 0.1) is 29.4 Å². The topological polar surface area (TPSA) is 55.6 Å². The van der Waals surface area contributed by atoms with E-state index in [0.717, 1.165) is 35.6 Å². The van der Waals surface area contributed by atoms with Gasteiger partial charge in [0.25, 0.3) is 0 Å². The molecule has 236 valence electrons. The van der Waals surface area contributed by atoms with E-state index in [1.807, 2.05) is 59.3 Å². The van der Waals surface area contributed by atoms with Crippen LogP contribution in [0.5, 0.6) is 0 Å². The van der Waals surface area contributed by atoms with Crippen LogP contribution in [0.4, 0.5) is 14.6 Å². The first-order valence-corrected chi connectivity index (χ1v) is 16.7. The van der Waals surface area contributed by atoms with E-state index >= 15 is 8.78 Å². The number of pyridine rings is 2. The highest BCUT2D eigenvalue weighted by molar-refractivity contribution is 6.31. The molecule has 2 bridgehead atoms. The Labute approximate surface area is 277 Å². The Bertz CT molecular complexity index is 1940. The molecule has 3 heterocycles. The second kappa shape index (κ2) is 11.9. The molecule has 2 unspecified atom stereocenters. The third-order valence-electron chi connectivity index (χ3n) is 10.5. The lowest BCUT2D eigenvalue weighted by molar-refractivity contribution is 0.0926. The minimum atomic E-state index is -1.02. The van der Waals surface area contributed by atoms with Gasteiger partial charge < -0.3 is 5.32 Å². The average Bonchev–Trinajstić information content (AvgIpc) is 3.47. The van der Waals surface area contributed by atoms with Crippen molar-refractivity contribution in [2.24, 2.45) is 17.8 Å². The van der Waals surface area contributed by atoms with Gasteiger partial charge in [0.05, 0.1) is 10.4 Å². The highest BCUT2D eigenvalue weighted by atomic mass is 35.5. The summed E-state index contributed by atoms with van der Waals surface area (Å²) in [6, 6.07) is 32.9. The van der Waals surface area contributed by atoms with E-state index in [2.05, 4.69) is 53.6 Å². The number of hydrogen-bond acceptors (Lipinski definition) is 4. The highest BCUT2D eigenvalue weighted by Gasteiger charge is 2.43. The first-order chi connectivity index (χ1) is 22.9. The van der Waals surface area contributed by atoms with Gasteiger partial charge in [-0.25, -0.2) is 23.4 Å². The summed E-state index contributed by atoms with van der Waals surface area (Å²) in [5, 5.41) is 9.47. The van der Waals surface area contributed by atoms with Crippen molar-refractivity contribution < 1.29 is 8.78 Å². The van der Waals surface area contributed by atoms with Crippen molar-refractivity contribution in [1.82, 2.24) is 19.7 Å². The van der Waals surface area contributed by atoms with Crippen molar-refractivity contribution in [3.8, 4) is 11.4 Å². The Morgan fingerprint density at radius 3 is 1.85 bits per heavy atom. The fourth-order valence-electron chi connectivity index (χ4n) is 8.18. The number of nitrogens with zero attached hydrogens (tertiary/aromatic N) is 4. The number of halogens is 3. The number of benzene rings is 3. The summed E-state index contributed by atoms with van der Waals surface area (Å²) < 4.78 is 33.3. The molecule has 3 aliphatic rings. The van der Waals surface area contributed by atoms with Gasteiger partial charge in [-0.2, -0.15) is 5.10 Å². The number of hydrogen-bond donors (Lipinski definition) is 1. The van der Waals surface area contributed by atoms with Crippen molar-refractivity contribution in [2.75, 3.05) is 5.32 Å². The monoisotopic (exact) mass is 645 g/mol. The summed E-state index contributed by atoms with van der Waals surface area (Å²) in [6.07, 6.45) is 6.21. The number of fused-ring (bicyclic) bond motifs is 4. The molecule has 0 radical (unpaired) electrons. The van der Waals surface area contributed by atoms with E-state index < -0.39 is 17.2 Å². The van der Waals surface area contributed by atoms with Gasteiger partial charge in [-0.1, -0.05) is 110 Å². The lowest BCUT2D eigenvalue weighted by atomic mass is 9.62. The Morgan fingerprint density at radius 1 is 0.745 bits per heavy atom. The largest absolute Gasteiger partial charge is 0.364 e. The van der Waals surface area contributed by atoms with Crippen molar-refractivity contribution in [1.29, 1.82) is 0 Å². The van der Waals surface area contributed by atoms with E-state index in [4.69, 9.17) is 21.7 Å². The molecule has 0 spiro atoms. The summed E-state index contributed by atoms with van der Waals surface area (Å²) >= 11 is 6.54. The van der Waals surface area contributed by atoms with Crippen LogP contribution < -0.4 is 5.32 Å². The molecule has 3 fully saturated rings. The fourth-order valence-corrected chi connectivity index (χ4v) is 8.34. The van der Waals surface area contributed by atoms with Gasteiger partial charge >= 0.3 is 0 Å². The number of nitrogens with one attached hydrogen (secondary N) is 1. The Hall–Kier alpha value is -4.62. The standard InChI is InChI=1S/C39H34ClF2N5/c1-24-25-17-19-26(20-18-25)34(24)44-37-33(42)22-32(41)36(45-37)35-31-21-30(40)23-43-38(31)47(46-35)39(27-11-5-2-6-12-27,28-13-7-3-8-14-28)29-15-9-4-10-16-29/h2-16,21-26,34H,17-20H2,1H3,(H,44,45). The quantitative estimate of drug-likeness (QED) is 0.176. The van der Waals surface area contributed by atoms with Gasteiger partial charge in [0.1, 0.15) is 16.9 Å². The molecule has 47 heavy (non-hydrogen) atoms. The molecule has 5 nitrogen and oxygen atoms in total. The number of rotatable bonds is 7. The highest BCUT2D eigenvalue weighted by Crippen LogP contribution is 2.47. The maximum Gasteiger partial charge on any atom is 0.168 e. The molecule has 3 aromatic heterocycles. The van der Waals surface area contributed by atoms with E-state index in [0.29, 0.717) is 33.8 Å². The van der Waals surface area contributed by atoms with Gasteiger partial charge in [-0.05, 0) is 66.2 Å². The van der Waals surface area contributed by atoms with Gasteiger partial charge in [-0.15, -0.1) is 0 Å². The third-order valence-corrected chi connectivity index (χ3v) is 10.7. The van der Waals surface area contributed by atoms with Crippen LogP contribution in [0.25, 0.3) is 22.4 Å². The zero-order chi connectivity index (χ0) is 32.1. The predicted molar refractivity (Wildman–Crippen MR) is 182 cm³/mol. The summed E-state index contributed by atoms with van der Waals surface area (Å²) in [7, 11) is 0. The van der Waals surface area contributed by atoms with E-state index in [9.17, 15) is 0 Å². The van der Waals surface area contributed by atoms with Crippen LogP contribution >= 0.6 is 11.6 Å². The lowest BCUT2D eigenvalue weighted by Crippen LogP contribution is -2.47. The molecule has 8 heteroatoms. The fraction of sp³-hybridized carbons (Fsp3) is 0.256. The second-order valence-corrected chi connectivity index (χ2v) is 13.4. The molecule has 1 N–H and O–H groups in total.